The number of esters is 1. The molecule has 2 aromatic rings. The minimum atomic E-state index is -1.16. The third-order valence-electron chi connectivity index (χ3n) is 7.47. The van der Waals surface area contributed by atoms with Crippen LogP contribution in [0.2, 0.25) is 0 Å². The Morgan fingerprint density at radius 3 is 2.09 bits per heavy atom. The fourth-order valence-corrected chi connectivity index (χ4v) is 5.16. The second-order valence-corrected chi connectivity index (χ2v) is 11.5. The van der Waals surface area contributed by atoms with Crippen molar-refractivity contribution < 1.29 is 28.7 Å². The quantitative estimate of drug-likeness (QED) is 0.123. The topological polar surface area (TPSA) is 179 Å². The Balaban J connectivity index is 1.79. The molecule has 2 aromatic carbocycles. The number of guanidine groups is 1. The molecule has 0 aromatic heterocycles. The summed E-state index contributed by atoms with van der Waals surface area (Å²) in [4.78, 5) is 69.2. The number of urea groups is 1. The van der Waals surface area contributed by atoms with Gasteiger partial charge in [-0.05, 0) is 36.3 Å². The maximum atomic E-state index is 13.9. The molecular formula is C33H45N7O6. The van der Waals surface area contributed by atoms with Gasteiger partial charge in [0.2, 0.25) is 11.8 Å². The second kappa shape index (κ2) is 18.1. The lowest BCUT2D eigenvalue weighted by molar-refractivity contribution is -0.142. The monoisotopic (exact) mass is 635 g/mol. The molecule has 0 spiro atoms. The minimum Gasteiger partial charge on any atom is -0.467 e. The molecule has 6 N–H and O–H groups in total. The number of nitrogens with zero attached hydrogens (tertiary/aromatic N) is 1. The van der Waals surface area contributed by atoms with Crippen molar-refractivity contribution in [1.29, 1.82) is 0 Å². The predicted octanol–water partition coefficient (Wildman–Crippen LogP) is 0.833. The van der Waals surface area contributed by atoms with Gasteiger partial charge in [0.15, 0.2) is 5.96 Å². The number of benzene rings is 2. The van der Waals surface area contributed by atoms with Crippen LogP contribution in [0.3, 0.4) is 0 Å². The van der Waals surface area contributed by atoms with Crippen LogP contribution in [0.1, 0.15) is 37.8 Å². The van der Waals surface area contributed by atoms with E-state index < -0.39 is 54.0 Å². The smallest absolute Gasteiger partial charge is 0.328 e. The molecule has 0 aliphatic carbocycles. The summed E-state index contributed by atoms with van der Waals surface area (Å²) in [7, 11) is 2.81. The van der Waals surface area contributed by atoms with Crippen LogP contribution in [0.4, 0.5) is 4.79 Å². The van der Waals surface area contributed by atoms with Crippen LogP contribution in [0.25, 0.3) is 0 Å². The van der Waals surface area contributed by atoms with E-state index in [0.717, 1.165) is 11.1 Å². The third kappa shape index (κ3) is 11.2. The van der Waals surface area contributed by atoms with E-state index in [0.29, 0.717) is 31.6 Å². The van der Waals surface area contributed by atoms with Crippen molar-refractivity contribution in [3.8, 4) is 0 Å². The van der Waals surface area contributed by atoms with E-state index in [1.165, 1.54) is 7.11 Å². The van der Waals surface area contributed by atoms with Crippen molar-refractivity contribution in [1.82, 2.24) is 31.9 Å². The zero-order valence-corrected chi connectivity index (χ0v) is 26.7. The average Bonchev–Trinajstić information content (AvgIpc) is 3.06. The lowest BCUT2D eigenvalue weighted by Crippen LogP contribution is -2.66. The van der Waals surface area contributed by atoms with Gasteiger partial charge in [0.1, 0.15) is 24.4 Å². The molecule has 1 aliphatic heterocycles. The van der Waals surface area contributed by atoms with Gasteiger partial charge < -0.3 is 41.4 Å². The standard InChI is InChI=1S/C33H45N7O6/c1-21(2)17-26(29(42)36-24(20-41)18-22-11-7-5-8-12-22)37-30(43)28(25-15-16-35-32(34-3)38-25)40-33(45)39-27(31(44)46-4)19-23-13-9-6-10-14-23/h5-14,20-21,24-28H,15-19H2,1-4H3,(H,36,42)(H,37,43)(H2,34,35,38)(H2,39,40,45). The maximum absolute atomic E-state index is 13.9. The molecule has 0 radical (unpaired) electrons. The lowest BCUT2D eigenvalue weighted by Gasteiger charge is -2.34. The molecule has 13 heteroatoms. The number of hydrogen-bond acceptors (Lipinski definition) is 7. The van der Waals surface area contributed by atoms with Crippen LogP contribution in [0, 0.1) is 5.92 Å². The van der Waals surface area contributed by atoms with Crippen LogP contribution in [-0.2, 0) is 36.8 Å². The largest absolute Gasteiger partial charge is 0.467 e. The summed E-state index contributed by atoms with van der Waals surface area (Å²) in [6, 6.07) is 13.1. The lowest BCUT2D eigenvalue weighted by atomic mass is 9.99. The number of aldehydes is 1. The van der Waals surface area contributed by atoms with Crippen LogP contribution in [0.15, 0.2) is 65.7 Å². The molecular weight excluding hydrogens is 590 g/mol. The number of carbonyl (C=O) groups is 5. The zero-order chi connectivity index (χ0) is 33.5. The molecule has 5 unspecified atom stereocenters. The van der Waals surface area contributed by atoms with Crippen LogP contribution in [0.5, 0.6) is 0 Å². The first-order chi connectivity index (χ1) is 22.1. The van der Waals surface area contributed by atoms with Gasteiger partial charge in [-0.25, -0.2) is 9.59 Å². The molecule has 0 bridgehead atoms. The molecule has 4 amide bonds. The van der Waals surface area contributed by atoms with E-state index in [2.05, 4.69) is 36.9 Å². The van der Waals surface area contributed by atoms with Crippen molar-refractivity contribution >= 4 is 36.1 Å². The summed E-state index contributed by atoms with van der Waals surface area (Å²) in [6.07, 6.45) is 1.87. The number of hydrogen-bond donors (Lipinski definition) is 6. The highest BCUT2D eigenvalue weighted by Crippen LogP contribution is 2.11. The van der Waals surface area contributed by atoms with Gasteiger partial charge in [0.05, 0.1) is 19.2 Å². The number of nitrogens with one attached hydrogen (secondary N) is 6. The molecule has 1 aliphatic rings. The third-order valence-corrected chi connectivity index (χ3v) is 7.47. The van der Waals surface area contributed by atoms with Crippen molar-refractivity contribution in [2.24, 2.45) is 10.9 Å². The first-order valence-corrected chi connectivity index (χ1v) is 15.4. The Kier molecular flexibility index (Phi) is 14.0. The zero-order valence-electron chi connectivity index (χ0n) is 26.7. The van der Waals surface area contributed by atoms with Crippen molar-refractivity contribution in [2.45, 2.75) is 69.7 Å². The number of rotatable bonds is 15. The molecule has 248 valence electrons. The first-order valence-electron chi connectivity index (χ1n) is 15.4. The highest BCUT2D eigenvalue weighted by Gasteiger charge is 2.36. The number of amides is 4. The van der Waals surface area contributed by atoms with Gasteiger partial charge >= 0.3 is 12.0 Å². The minimum absolute atomic E-state index is 0.0178. The summed E-state index contributed by atoms with van der Waals surface area (Å²) in [5.41, 5.74) is 1.68. The predicted molar refractivity (Wildman–Crippen MR) is 174 cm³/mol. The van der Waals surface area contributed by atoms with Crippen molar-refractivity contribution in [3.63, 3.8) is 0 Å². The number of methoxy groups -OCH3 is 1. The van der Waals surface area contributed by atoms with Crippen LogP contribution >= 0.6 is 0 Å². The highest BCUT2D eigenvalue weighted by atomic mass is 16.5. The molecule has 1 fully saturated rings. The van der Waals surface area contributed by atoms with E-state index in [4.69, 9.17) is 4.74 Å². The van der Waals surface area contributed by atoms with Gasteiger partial charge in [-0.3, -0.25) is 14.6 Å². The molecule has 0 saturated carbocycles. The fraction of sp³-hybridized carbons (Fsp3) is 0.455. The molecule has 13 nitrogen and oxygen atoms in total. The molecule has 1 heterocycles. The van der Waals surface area contributed by atoms with Crippen molar-refractivity contribution in [2.75, 3.05) is 20.7 Å². The van der Waals surface area contributed by atoms with E-state index in [1.807, 2.05) is 74.5 Å². The van der Waals surface area contributed by atoms with Gasteiger partial charge in [0.25, 0.3) is 0 Å². The van der Waals surface area contributed by atoms with Crippen LogP contribution < -0.4 is 31.9 Å². The normalized spacial score (nSPS) is 17.7. The Labute approximate surface area is 269 Å². The van der Waals surface area contributed by atoms with Gasteiger partial charge in [-0.2, -0.15) is 0 Å². The Morgan fingerprint density at radius 2 is 1.52 bits per heavy atom. The molecule has 1 saturated heterocycles. The van der Waals surface area contributed by atoms with E-state index in [-0.39, 0.29) is 18.8 Å². The summed E-state index contributed by atoms with van der Waals surface area (Å²) < 4.78 is 4.91. The number of aliphatic imine (C=N–C) groups is 1. The first kappa shape index (κ1) is 35.5. The molecule has 3 rings (SSSR count). The Morgan fingerprint density at radius 1 is 0.891 bits per heavy atom. The molecule has 46 heavy (non-hydrogen) atoms. The highest BCUT2D eigenvalue weighted by molar-refractivity contribution is 5.94. The van der Waals surface area contributed by atoms with Gasteiger partial charge in [-0.1, -0.05) is 74.5 Å². The van der Waals surface area contributed by atoms with Gasteiger partial charge in [0, 0.05) is 20.0 Å². The summed E-state index contributed by atoms with van der Waals surface area (Å²) in [6.45, 7) is 4.30. The number of carbonyl (C=O) groups excluding carboxylic acids is 5. The van der Waals surface area contributed by atoms with Gasteiger partial charge in [-0.15, -0.1) is 0 Å². The SMILES string of the molecule is CN=C1NCCC(C(NC(=O)NC(Cc2ccccc2)C(=O)OC)C(=O)NC(CC(C)C)C(=O)NC(C=O)Cc2ccccc2)N1. The van der Waals surface area contributed by atoms with E-state index in [1.54, 1.807) is 7.05 Å². The fourth-order valence-electron chi connectivity index (χ4n) is 5.16. The molecule has 5 atom stereocenters. The van der Waals surface area contributed by atoms with E-state index >= 15 is 0 Å². The summed E-state index contributed by atoms with van der Waals surface area (Å²) >= 11 is 0. The van der Waals surface area contributed by atoms with E-state index in [9.17, 15) is 24.0 Å². The van der Waals surface area contributed by atoms with Crippen LogP contribution in [-0.4, -0.2) is 87.0 Å². The Hall–Kier alpha value is -4.94. The average molecular weight is 636 g/mol. The second-order valence-electron chi connectivity index (χ2n) is 11.5. The summed E-state index contributed by atoms with van der Waals surface area (Å²) in [5, 5.41) is 17.1. The summed E-state index contributed by atoms with van der Waals surface area (Å²) in [5.74, 6) is -1.31. The van der Waals surface area contributed by atoms with Crippen molar-refractivity contribution in [3.05, 3.63) is 71.8 Å². The maximum Gasteiger partial charge on any atom is 0.328 e. The Bertz CT molecular complexity index is 1340. The number of ether oxygens (including phenoxy) is 1.